The molecule has 0 atom stereocenters. The zero-order chi connectivity index (χ0) is 18.8. The topological polar surface area (TPSA) is 49.4 Å². The molecule has 4 nitrogen and oxygen atoms in total. The van der Waals surface area contributed by atoms with Crippen LogP contribution in [0.15, 0.2) is 52.3 Å². The van der Waals surface area contributed by atoms with Crippen molar-refractivity contribution >= 4 is 35.3 Å². The van der Waals surface area contributed by atoms with Crippen LogP contribution in [0.1, 0.15) is 35.3 Å². The van der Waals surface area contributed by atoms with Crippen molar-refractivity contribution in [2.45, 2.75) is 31.7 Å². The first-order valence-electron chi connectivity index (χ1n) is 8.55. The van der Waals surface area contributed by atoms with E-state index in [1.807, 2.05) is 57.2 Å². The van der Waals surface area contributed by atoms with Crippen LogP contribution >= 0.6 is 11.8 Å². The molecule has 0 bridgehead atoms. The van der Waals surface area contributed by atoms with Crippen molar-refractivity contribution in [2.75, 3.05) is 11.9 Å². The number of thioether (sulfide) groups is 1. The van der Waals surface area contributed by atoms with Gasteiger partial charge in [0.2, 0.25) is 0 Å². The zero-order valence-corrected chi connectivity index (χ0v) is 16.2. The zero-order valence-electron chi connectivity index (χ0n) is 15.4. The minimum absolute atomic E-state index is 0.0628. The molecule has 2 aromatic rings. The van der Waals surface area contributed by atoms with E-state index in [4.69, 9.17) is 0 Å². The van der Waals surface area contributed by atoms with E-state index in [2.05, 4.69) is 5.32 Å². The van der Waals surface area contributed by atoms with E-state index in [1.165, 1.54) is 11.8 Å². The fraction of sp³-hybridized carbons (Fsp3) is 0.238. The number of aryl methyl sites for hydroxylation is 1. The molecule has 2 amide bonds. The summed E-state index contributed by atoms with van der Waals surface area (Å²) >= 11 is 1.44. The van der Waals surface area contributed by atoms with Crippen LogP contribution in [0.2, 0.25) is 0 Å². The molecule has 0 aromatic heterocycles. The minimum Gasteiger partial charge on any atom is -0.350 e. The van der Waals surface area contributed by atoms with Crippen molar-refractivity contribution in [1.82, 2.24) is 5.32 Å². The second kappa shape index (κ2) is 7.38. The highest BCUT2D eigenvalue weighted by Crippen LogP contribution is 2.42. The van der Waals surface area contributed by atoms with Crippen molar-refractivity contribution in [1.29, 1.82) is 0 Å². The van der Waals surface area contributed by atoms with E-state index in [0.29, 0.717) is 10.5 Å². The number of hydrogen-bond acceptors (Lipinski definition) is 3. The highest BCUT2D eigenvalue weighted by Gasteiger charge is 2.27. The van der Waals surface area contributed by atoms with Gasteiger partial charge in [0.1, 0.15) is 0 Å². The lowest BCUT2D eigenvalue weighted by Crippen LogP contribution is -2.32. The molecule has 0 fully saturated rings. The second-order valence-corrected chi connectivity index (χ2v) is 7.73. The summed E-state index contributed by atoms with van der Waals surface area (Å²) in [5, 5.41) is 2.88. The molecule has 0 saturated heterocycles. The Balaban J connectivity index is 1.95. The minimum atomic E-state index is -0.130. The smallest absolute Gasteiger partial charge is 0.264 e. The number of anilines is 1. The fourth-order valence-corrected chi connectivity index (χ4v) is 3.85. The quantitative estimate of drug-likeness (QED) is 0.827. The molecule has 0 aliphatic carbocycles. The predicted octanol–water partition coefficient (Wildman–Crippen LogP) is 4.24. The number of benzene rings is 2. The van der Waals surface area contributed by atoms with E-state index in [1.54, 1.807) is 24.1 Å². The second-order valence-electron chi connectivity index (χ2n) is 6.64. The molecule has 26 heavy (non-hydrogen) atoms. The number of likely N-dealkylation sites (N-methyl/N-ethyl adjacent to an activating group) is 1. The number of carbonyl (C=O) groups excluding carboxylic acids is 2. The van der Waals surface area contributed by atoms with Crippen molar-refractivity contribution in [3.8, 4) is 0 Å². The van der Waals surface area contributed by atoms with Gasteiger partial charge in [-0.05, 0) is 56.2 Å². The highest BCUT2D eigenvalue weighted by atomic mass is 32.2. The van der Waals surface area contributed by atoms with E-state index >= 15 is 0 Å². The van der Waals surface area contributed by atoms with Gasteiger partial charge in [0.05, 0.1) is 10.6 Å². The Morgan fingerprint density at radius 3 is 2.62 bits per heavy atom. The van der Waals surface area contributed by atoms with Crippen molar-refractivity contribution in [2.24, 2.45) is 0 Å². The van der Waals surface area contributed by atoms with Crippen molar-refractivity contribution in [3.63, 3.8) is 0 Å². The molecular weight excluding hydrogens is 344 g/mol. The summed E-state index contributed by atoms with van der Waals surface area (Å²) in [5.74, 6) is -0.193. The summed E-state index contributed by atoms with van der Waals surface area (Å²) in [4.78, 5) is 28.3. The fourth-order valence-electron chi connectivity index (χ4n) is 2.77. The van der Waals surface area contributed by atoms with Gasteiger partial charge in [0.15, 0.2) is 0 Å². The maximum Gasteiger partial charge on any atom is 0.264 e. The Morgan fingerprint density at radius 1 is 1.19 bits per heavy atom. The Labute approximate surface area is 158 Å². The van der Waals surface area contributed by atoms with Crippen LogP contribution in [0.5, 0.6) is 0 Å². The molecule has 134 valence electrons. The van der Waals surface area contributed by atoms with Gasteiger partial charge in [-0.15, -0.1) is 0 Å². The van der Waals surface area contributed by atoms with Crippen LogP contribution in [0.4, 0.5) is 5.69 Å². The SMILES string of the molecule is Cc1ccccc1C=C1Sc2ccc(C(=O)NC(C)C)cc2N(C)C1=O. The third-order valence-corrected chi connectivity index (χ3v) is 5.29. The molecule has 0 radical (unpaired) electrons. The predicted molar refractivity (Wildman–Crippen MR) is 107 cm³/mol. The molecule has 2 aromatic carbocycles. The molecular formula is C21H22N2O2S. The van der Waals surface area contributed by atoms with Gasteiger partial charge >= 0.3 is 0 Å². The molecule has 1 N–H and O–H groups in total. The van der Waals surface area contributed by atoms with Gasteiger partial charge in [-0.2, -0.15) is 0 Å². The molecule has 3 rings (SSSR count). The van der Waals surface area contributed by atoms with Gasteiger partial charge in [-0.3, -0.25) is 9.59 Å². The average Bonchev–Trinajstić information content (AvgIpc) is 2.60. The lowest BCUT2D eigenvalue weighted by molar-refractivity contribution is -0.114. The molecule has 0 spiro atoms. The summed E-state index contributed by atoms with van der Waals surface area (Å²) in [6.45, 7) is 5.87. The van der Waals surface area contributed by atoms with E-state index in [-0.39, 0.29) is 17.9 Å². The number of rotatable bonds is 3. The normalized spacial score (nSPS) is 15.3. The van der Waals surface area contributed by atoms with E-state index < -0.39 is 0 Å². The summed E-state index contributed by atoms with van der Waals surface area (Å²) in [7, 11) is 1.75. The van der Waals surface area contributed by atoms with E-state index in [0.717, 1.165) is 21.7 Å². The Bertz CT molecular complexity index is 903. The number of carbonyl (C=O) groups is 2. The van der Waals surface area contributed by atoms with Crippen LogP contribution in [0, 0.1) is 6.92 Å². The van der Waals surface area contributed by atoms with Crippen LogP contribution < -0.4 is 10.2 Å². The molecule has 0 unspecified atom stereocenters. The summed E-state index contributed by atoms with van der Waals surface area (Å²) in [5.41, 5.74) is 3.48. The summed E-state index contributed by atoms with van der Waals surface area (Å²) in [6, 6.07) is 13.5. The highest BCUT2D eigenvalue weighted by molar-refractivity contribution is 8.04. The third-order valence-electron chi connectivity index (χ3n) is 4.21. The van der Waals surface area contributed by atoms with Gasteiger partial charge in [-0.25, -0.2) is 0 Å². The van der Waals surface area contributed by atoms with Gasteiger partial charge in [-0.1, -0.05) is 36.0 Å². The maximum absolute atomic E-state index is 12.8. The van der Waals surface area contributed by atoms with Crippen molar-refractivity contribution in [3.05, 3.63) is 64.1 Å². The van der Waals surface area contributed by atoms with Gasteiger partial charge in [0.25, 0.3) is 11.8 Å². The average molecular weight is 366 g/mol. The third kappa shape index (κ3) is 3.68. The first-order valence-corrected chi connectivity index (χ1v) is 9.36. The number of nitrogens with zero attached hydrogens (tertiary/aromatic N) is 1. The molecule has 1 aliphatic rings. The Morgan fingerprint density at radius 2 is 1.92 bits per heavy atom. The number of hydrogen-bond donors (Lipinski definition) is 1. The molecule has 5 heteroatoms. The maximum atomic E-state index is 12.8. The molecule has 1 heterocycles. The first-order chi connectivity index (χ1) is 12.4. The lowest BCUT2D eigenvalue weighted by atomic mass is 10.1. The summed E-state index contributed by atoms with van der Waals surface area (Å²) in [6.07, 6.45) is 1.93. The van der Waals surface area contributed by atoms with Gasteiger partial charge in [0, 0.05) is 23.5 Å². The number of fused-ring (bicyclic) bond motifs is 1. The molecule has 1 aliphatic heterocycles. The Kier molecular flexibility index (Phi) is 5.18. The standard InChI is InChI=1S/C21H22N2O2S/c1-13(2)22-20(24)16-9-10-18-17(11-16)23(4)21(25)19(26-18)12-15-8-6-5-7-14(15)3/h5-13H,1-4H3,(H,22,24). The van der Waals surface area contributed by atoms with Crippen LogP contribution in [0.3, 0.4) is 0 Å². The van der Waals surface area contributed by atoms with Crippen LogP contribution in [-0.4, -0.2) is 24.9 Å². The monoisotopic (exact) mass is 366 g/mol. The van der Waals surface area contributed by atoms with Crippen LogP contribution in [0.25, 0.3) is 6.08 Å². The number of nitrogens with one attached hydrogen (secondary N) is 1. The largest absolute Gasteiger partial charge is 0.350 e. The van der Waals surface area contributed by atoms with Gasteiger partial charge < -0.3 is 10.2 Å². The molecule has 0 saturated carbocycles. The summed E-state index contributed by atoms with van der Waals surface area (Å²) < 4.78 is 0. The number of amides is 2. The first kappa shape index (κ1) is 18.3. The lowest BCUT2D eigenvalue weighted by Gasteiger charge is -2.27. The van der Waals surface area contributed by atoms with Crippen molar-refractivity contribution < 1.29 is 9.59 Å². The Hall–Kier alpha value is -2.53. The van der Waals surface area contributed by atoms with Crippen LogP contribution in [-0.2, 0) is 4.79 Å². The van der Waals surface area contributed by atoms with E-state index in [9.17, 15) is 9.59 Å².